The van der Waals surface area contributed by atoms with Crippen molar-refractivity contribution in [1.82, 2.24) is 15.3 Å². The maximum Gasteiger partial charge on any atom is 0.335 e. The average molecular weight is 697 g/mol. The molecule has 1 aromatic heterocycles. The van der Waals surface area contributed by atoms with Crippen LogP contribution in [0, 0.1) is 29.1 Å². The first-order chi connectivity index (χ1) is 23.9. The van der Waals surface area contributed by atoms with Crippen molar-refractivity contribution >= 4 is 17.6 Å². The number of nitrogens with one attached hydrogen (secondary N) is 3. The summed E-state index contributed by atoms with van der Waals surface area (Å²) in [5.74, 6) is 3.43. The lowest BCUT2D eigenvalue weighted by Crippen LogP contribution is -2.48. The molecule has 0 radical (unpaired) electrons. The van der Waals surface area contributed by atoms with Crippen LogP contribution in [-0.4, -0.2) is 97.1 Å². The van der Waals surface area contributed by atoms with E-state index in [4.69, 9.17) is 25.4 Å². The van der Waals surface area contributed by atoms with Crippen molar-refractivity contribution < 1.29 is 40.2 Å². The highest BCUT2D eigenvalue weighted by Gasteiger charge is 2.51. The fourth-order valence-electron chi connectivity index (χ4n) is 10.4. The summed E-state index contributed by atoms with van der Waals surface area (Å²) in [6, 6.07) is 6.47. The van der Waals surface area contributed by atoms with E-state index in [2.05, 4.69) is 15.6 Å². The number of aromatic amines is 1. The minimum Gasteiger partial charge on any atom is -0.478 e. The van der Waals surface area contributed by atoms with Gasteiger partial charge in [-0.25, -0.2) is 9.78 Å². The Hall–Kier alpha value is -2.87. The monoisotopic (exact) mass is 696 g/mol. The Bertz CT molecular complexity index is 1440. The minimum absolute atomic E-state index is 0.0892. The molecule has 6 bridgehead atoms. The fourth-order valence-corrected chi connectivity index (χ4v) is 10.4. The van der Waals surface area contributed by atoms with Crippen LogP contribution >= 0.6 is 0 Å². The van der Waals surface area contributed by atoms with Gasteiger partial charge in [0.1, 0.15) is 29.8 Å². The molecule has 0 aliphatic heterocycles. The van der Waals surface area contributed by atoms with Crippen molar-refractivity contribution in [1.29, 1.82) is 0 Å². The van der Waals surface area contributed by atoms with Gasteiger partial charge in [0.05, 0.1) is 18.3 Å². The van der Waals surface area contributed by atoms with Gasteiger partial charge in [0, 0.05) is 23.3 Å². The van der Waals surface area contributed by atoms with Crippen LogP contribution in [0.2, 0.25) is 0 Å². The Kier molecular flexibility index (Phi) is 11.4. The molecule has 7 fully saturated rings. The maximum absolute atomic E-state index is 13.6. The van der Waals surface area contributed by atoms with Gasteiger partial charge >= 0.3 is 5.97 Å². The first-order valence-electron chi connectivity index (χ1n) is 18.6. The predicted molar refractivity (Wildman–Crippen MR) is 187 cm³/mol. The molecule has 9 rings (SSSR count). The summed E-state index contributed by atoms with van der Waals surface area (Å²) >= 11 is 0. The second kappa shape index (κ2) is 15.4. The van der Waals surface area contributed by atoms with Gasteiger partial charge < -0.3 is 46.3 Å². The third-order valence-electron chi connectivity index (χ3n) is 12.8. The molecule has 0 saturated heterocycles. The van der Waals surface area contributed by atoms with Gasteiger partial charge in [-0.05, 0) is 144 Å². The number of benzene rings is 1. The number of rotatable bonds is 13. The number of hydrogen-bond donors (Lipinski definition) is 9. The molecule has 1 aromatic carbocycles. The topological polar surface area (TPSA) is 208 Å². The van der Waals surface area contributed by atoms with Gasteiger partial charge in [0.25, 0.3) is 5.91 Å². The third kappa shape index (κ3) is 7.95. The van der Waals surface area contributed by atoms with Gasteiger partial charge in [-0.2, -0.15) is 0 Å². The number of hydrogen-bond acceptors (Lipinski definition) is 9. The molecule has 0 spiro atoms. The number of aromatic nitrogens is 2. The van der Waals surface area contributed by atoms with E-state index < -0.39 is 37.0 Å². The summed E-state index contributed by atoms with van der Waals surface area (Å²) in [6.45, 7) is -0.569. The van der Waals surface area contributed by atoms with E-state index >= 15 is 0 Å². The largest absolute Gasteiger partial charge is 0.478 e. The zero-order chi connectivity index (χ0) is 35.6. The molecule has 7 saturated carbocycles. The lowest BCUT2D eigenvalue weighted by Gasteiger charge is -2.57. The van der Waals surface area contributed by atoms with E-state index in [0.29, 0.717) is 16.8 Å². The van der Waals surface area contributed by atoms with Crippen LogP contribution in [-0.2, 0) is 11.8 Å². The summed E-state index contributed by atoms with van der Waals surface area (Å²) in [5.41, 5.74) is 2.71. The molecule has 1 amide bonds. The number of aromatic carboxylic acids is 1. The van der Waals surface area contributed by atoms with Crippen LogP contribution in [0.15, 0.2) is 24.3 Å². The van der Waals surface area contributed by atoms with E-state index in [1.165, 1.54) is 83.1 Å². The number of carbonyl (C=O) groups excluding carboxylic acids is 1. The summed E-state index contributed by atoms with van der Waals surface area (Å²) in [5, 5.41) is 59.8. The van der Waals surface area contributed by atoms with E-state index in [9.17, 15) is 19.8 Å². The SMILES string of the molecule is CNC[C@H](O)[C@@H](O)[C@H](O)[C@H](O)CO.O=C(O)c1cccc(NC(=O)c2nc(C34CCC(CC3)CC4)[nH]c2CCC23CC4CC(CC(C4)C2)C3)c1. The lowest BCUT2D eigenvalue weighted by atomic mass is 9.48. The van der Waals surface area contributed by atoms with Crippen LogP contribution in [0.4, 0.5) is 5.69 Å². The lowest BCUT2D eigenvalue weighted by molar-refractivity contribution is -0.113. The summed E-state index contributed by atoms with van der Waals surface area (Å²) in [7, 11) is 1.57. The molecule has 4 atom stereocenters. The van der Waals surface area contributed by atoms with Gasteiger partial charge in [-0.1, -0.05) is 6.07 Å². The van der Waals surface area contributed by atoms with Crippen LogP contribution in [0.25, 0.3) is 0 Å². The number of aliphatic hydroxyl groups excluding tert-OH is 5. The zero-order valence-corrected chi connectivity index (χ0v) is 29.2. The molecular weight excluding hydrogens is 640 g/mol. The van der Waals surface area contributed by atoms with E-state index in [-0.39, 0.29) is 23.4 Å². The number of aliphatic hydroxyl groups is 5. The third-order valence-corrected chi connectivity index (χ3v) is 12.8. The molecule has 12 heteroatoms. The Morgan fingerprint density at radius 2 is 1.52 bits per heavy atom. The highest BCUT2D eigenvalue weighted by atomic mass is 16.4. The predicted octanol–water partition coefficient (Wildman–Crippen LogP) is 3.37. The van der Waals surface area contributed by atoms with Crippen molar-refractivity contribution in [2.45, 2.75) is 120 Å². The van der Waals surface area contributed by atoms with Crippen molar-refractivity contribution in [3.8, 4) is 0 Å². The molecule has 1 heterocycles. The molecule has 276 valence electrons. The van der Waals surface area contributed by atoms with E-state index in [0.717, 1.165) is 48.0 Å². The first kappa shape index (κ1) is 36.9. The standard InChI is InChI=1S/C31H39N3O3.C7H17NO5/c35-27(32-24-3-1-2-23(15-24)28(36)37)26-25(33-29(34-26)31-9-4-19(5-10-31)6-11-31)7-8-30-16-20-12-21(17-30)14-22(13-20)18-30;1-8-2-4(10)6(12)7(13)5(11)3-9/h1-3,15,19-22H,4-14,16-18H2,(H,32,35)(H,33,34)(H,36,37);4-13H,2-3H2,1H3/t;4-,5+,6+,7+/m.0/s1. The van der Waals surface area contributed by atoms with Crippen molar-refractivity contribution in [2.75, 3.05) is 25.5 Å². The number of imidazole rings is 1. The molecule has 9 N–H and O–H groups in total. The minimum atomic E-state index is -1.55. The van der Waals surface area contributed by atoms with Gasteiger partial charge in [-0.15, -0.1) is 0 Å². The number of nitrogens with zero attached hydrogens (tertiary/aromatic N) is 1. The number of carbonyl (C=O) groups is 2. The smallest absolute Gasteiger partial charge is 0.335 e. The quantitative estimate of drug-likeness (QED) is 0.149. The van der Waals surface area contributed by atoms with Crippen LogP contribution in [0.1, 0.15) is 116 Å². The maximum atomic E-state index is 13.6. The second-order valence-corrected chi connectivity index (χ2v) is 16.3. The Labute approximate surface area is 294 Å². The summed E-state index contributed by atoms with van der Waals surface area (Å²) in [6.07, 6.45) is 12.1. The summed E-state index contributed by atoms with van der Waals surface area (Å²) in [4.78, 5) is 33.8. The number of H-pyrrole nitrogens is 1. The van der Waals surface area contributed by atoms with Crippen LogP contribution < -0.4 is 10.6 Å². The van der Waals surface area contributed by atoms with Crippen LogP contribution in [0.3, 0.4) is 0 Å². The highest BCUT2D eigenvalue weighted by Crippen LogP contribution is 2.61. The number of carboxylic acids is 1. The normalized spacial score (nSPS) is 31.7. The number of anilines is 1. The molecule has 12 nitrogen and oxygen atoms in total. The number of aryl methyl sites for hydroxylation is 1. The highest BCUT2D eigenvalue weighted by molar-refractivity contribution is 6.04. The Morgan fingerprint density at radius 1 is 0.920 bits per heavy atom. The molecule has 2 aromatic rings. The van der Waals surface area contributed by atoms with Crippen LogP contribution in [0.5, 0.6) is 0 Å². The van der Waals surface area contributed by atoms with Gasteiger partial charge in [0.2, 0.25) is 0 Å². The number of likely N-dealkylation sites (N-methyl/N-ethyl adjacent to an activating group) is 1. The van der Waals surface area contributed by atoms with Gasteiger partial charge in [-0.3, -0.25) is 4.79 Å². The average Bonchev–Trinajstić information content (AvgIpc) is 3.56. The number of amides is 1. The number of fused-ring (bicyclic) bond motifs is 3. The summed E-state index contributed by atoms with van der Waals surface area (Å²) < 4.78 is 0. The first-order valence-corrected chi connectivity index (χ1v) is 18.6. The van der Waals surface area contributed by atoms with Crippen molar-refractivity contribution in [3.05, 3.63) is 47.0 Å². The molecule has 0 unspecified atom stereocenters. The van der Waals surface area contributed by atoms with Crippen molar-refractivity contribution in [3.63, 3.8) is 0 Å². The Morgan fingerprint density at radius 3 is 2.08 bits per heavy atom. The van der Waals surface area contributed by atoms with E-state index in [1.807, 2.05) is 0 Å². The van der Waals surface area contributed by atoms with Crippen molar-refractivity contribution in [2.24, 2.45) is 29.1 Å². The van der Waals surface area contributed by atoms with Gasteiger partial charge in [0.15, 0.2) is 0 Å². The fraction of sp³-hybridized carbons (Fsp3) is 0.711. The Balaban J connectivity index is 0.000000285. The molecule has 7 aliphatic rings. The molecule has 7 aliphatic carbocycles. The molecule has 50 heavy (non-hydrogen) atoms. The van der Waals surface area contributed by atoms with E-state index in [1.54, 1.807) is 25.2 Å². The zero-order valence-electron chi connectivity index (χ0n) is 29.2. The second-order valence-electron chi connectivity index (χ2n) is 16.3. The number of carboxylic acid groups (broad SMARTS) is 1. The molecular formula is C38H56N4O8.